The summed E-state index contributed by atoms with van der Waals surface area (Å²) in [5, 5.41) is 7.84. The van der Waals surface area contributed by atoms with Gasteiger partial charge >= 0.3 is 0 Å². The summed E-state index contributed by atoms with van der Waals surface area (Å²) in [4.78, 5) is 29.4. The molecule has 1 aromatic carbocycles. The fourth-order valence-electron chi connectivity index (χ4n) is 3.64. The average molecular weight is 411 g/mol. The topological polar surface area (TPSA) is 114 Å². The van der Waals surface area contributed by atoms with Gasteiger partial charge in [0.05, 0.1) is 23.1 Å². The third kappa shape index (κ3) is 2.63. The molecular weight excluding hydrogens is 394 g/mol. The molecule has 29 heavy (non-hydrogen) atoms. The number of hydrogen-bond acceptors (Lipinski definition) is 6. The number of rotatable bonds is 3. The summed E-state index contributed by atoms with van der Waals surface area (Å²) in [6.45, 7) is 1.85. The molecule has 2 amide bonds. The van der Waals surface area contributed by atoms with Gasteiger partial charge in [0.2, 0.25) is 0 Å². The first kappa shape index (κ1) is 17.8. The molecule has 1 fully saturated rings. The van der Waals surface area contributed by atoms with Gasteiger partial charge in [-0.3, -0.25) is 14.3 Å². The van der Waals surface area contributed by atoms with Crippen molar-refractivity contribution < 1.29 is 18.0 Å². The second kappa shape index (κ2) is 5.86. The number of aromatic nitrogens is 3. The second-order valence-corrected chi connectivity index (χ2v) is 9.09. The molecule has 2 aromatic heterocycles. The van der Waals surface area contributed by atoms with Gasteiger partial charge in [-0.2, -0.15) is 5.10 Å². The van der Waals surface area contributed by atoms with Crippen LogP contribution in [0.25, 0.3) is 11.0 Å². The van der Waals surface area contributed by atoms with Crippen molar-refractivity contribution in [3.8, 4) is 0 Å². The molecule has 0 radical (unpaired) electrons. The Balaban J connectivity index is 1.47. The molecule has 3 aromatic rings. The molecule has 0 saturated heterocycles. The highest BCUT2D eigenvalue weighted by Gasteiger charge is 2.48. The van der Waals surface area contributed by atoms with Crippen molar-refractivity contribution in [3.05, 3.63) is 47.3 Å². The van der Waals surface area contributed by atoms with Crippen molar-refractivity contribution in [1.29, 1.82) is 0 Å². The Labute approximate surface area is 166 Å². The quantitative estimate of drug-likeness (QED) is 0.703. The van der Waals surface area contributed by atoms with Gasteiger partial charge in [0.25, 0.3) is 21.8 Å². The normalized spacial score (nSPS) is 17.6. The maximum atomic E-state index is 12.7. The predicted molar refractivity (Wildman–Crippen MR) is 104 cm³/mol. The summed E-state index contributed by atoms with van der Waals surface area (Å²) in [6, 6.07) is 5.63. The second-order valence-electron chi connectivity index (χ2n) is 7.31. The van der Waals surface area contributed by atoms with Crippen LogP contribution in [-0.4, -0.2) is 45.3 Å². The summed E-state index contributed by atoms with van der Waals surface area (Å²) < 4.78 is 28.1. The third-order valence-electron chi connectivity index (χ3n) is 5.21. The van der Waals surface area contributed by atoms with Gasteiger partial charge in [-0.15, -0.1) is 0 Å². The van der Waals surface area contributed by atoms with Gasteiger partial charge in [0, 0.05) is 24.0 Å². The van der Waals surface area contributed by atoms with Crippen molar-refractivity contribution in [2.45, 2.75) is 30.7 Å². The maximum absolute atomic E-state index is 12.7. The first-order valence-electron chi connectivity index (χ1n) is 9.11. The molecule has 1 N–H and O–H groups in total. The number of fused-ring (bicyclic) bond motifs is 2. The Kier molecular flexibility index (Phi) is 3.60. The molecule has 1 saturated carbocycles. The standard InChI is InChI=1S/C19H17N5O4S/c1-10-15-8-12(9-20-17(15)23(2)22-10)21-18(25)11-3-6-14-16(7-11)29(27,28)24(19(14)26)13-4-5-13/h3,6-9,13H,4-5H2,1-2H3,(H,21,25). The third-order valence-corrected chi connectivity index (χ3v) is 7.09. The number of anilines is 1. The number of carbonyl (C=O) groups is 2. The zero-order chi connectivity index (χ0) is 20.5. The Hall–Kier alpha value is -3.27. The monoisotopic (exact) mass is 411 g/mol. The van der Waals surface area contributed by atoms with Crippen LogP contribution in [0.5, 0.6) is 0 Å². The highest BCUT2D eigenvalue weighted by Crippen LogP contribution is 2.39. The van der Waals surface area contributed by atoms with E-state index in [0.717, 1.165) is 15.4 Å². The van der Waals surface area contributed by atoms with Gasteiger partial charge in [-0.1, -0.05) is 0 Å². The minimum atomic E-state index is -3.91. The highest BCUT2D eigenvalue weighted by atomic mass is 32.2. The van der Waals surface area contributed by atoms with Crippen molar-refractivity contribution in [2.24, 2.45) is 7.05 Å². The molecule has 0 bridgehead atoms. The molecule has 1 aliphatic carbocycles. The lowest BCUT2D eigenvalue weighted by molar-refractivity contribution is 0.0864. The lowest BCUT2D eigenvalue weighted by atomic mass is 10.1. The van der Waals surface area contributed by atoms with Crippen LogP contribution in [0.4, 0.5) is 5.69 Å². The van der Waals surface area contributed by atoms with Gasteiger partial charge in [0.1, 0.15) is 4.90 Å². The molecule has 10 heteroatoms. The Morgan fingerprint density at radius 3 is 2.72 bits per heavy atom. The van der Waals surface area contributed by atoms with E-state index < -0.39 is 21.8 Å². The van der Waals surface area contributed by atoms with Crippen molar-refractivity contribution in [1.82, 2.24) is 19.1 Å². The Morgan fingerprint density at radius 2 is 2.00 bits per heavy atom. The number of aryl methyl sites for hydroxylation is 2. The zero-order valence-electron chi connectivity index (χ0n) is 15.7. The van der Waals surface area contributed by atoms with E-state index >= 15 is 0 Å². The van der Waals surface area contributed by atoms with Crippen LogP contribution in [0.2, 0.25) is 0 Å². The van der Waals surface area contributed by atoms with E-state index in [1.165, 1.54) is 24.4 Å². The van der Waals surface area contributed by atoms with E-state index in [0.29, 0.717) is 24.2 Å². The van der Waals surface area contributed by atoms with Crippen LogP contribution >= 0.6 is 0 Å². The van der Waals surface area contributed by atoms with E-state index in [1.807, 2.05) is 6.92 Å². The SMILES string of the molecule is Cc1nn(C)c2ncc(NC(=O)c3ccc4c(c3)S(=O)(=O)N(C3CC3)C4=O)cc12. The molecule has 148 valence electrons. The first-order chi connectivity index (χ1) is 13.8. The van der Waals surface area contributed by atoms with Crippen LogP contribution < -0.4 is 5.32 Å². The summed E-state index contributed by atoms with van der Waals surface area (Å²) in [5.74, 6) is -1.00. The molecule has 3 heterocycles. The summed E-state index contributed by atoms with van der Waals surface area (Å²) in [6.07, 6.45) is 2.87. The fraction of sp³-hybridized carbons (Fsp3) is 0.263. The highest BCUT2D eigenvalue weighted by molar-refractivity contribution is 7.90. The van der Waals surface area contributed by atoms with E-state index in [1.54, 1.807) is 17.8 Å². The number of nitrogens with one attached hydrogen (secondary N) is 1. The van der Waals surface area contributed by atoms with Gasteiger partial charge in [-0.25, -0.2) is 17.7 Å². The Bertz CT molecular complexity index is 1320. The molecule has 9 nitrogen and oxygen atoms in total. The van der Waals surface area contributed by atoms with Crippen molar-refractivity contribution in [2.75, 3.05) is 5.32 Å². The number of amides is 2. The lowest BCUT2D eigenvalue weighted by Crippen LogP contribution is -2.31. The molecule has 2 aliphatic rings. The minimum Gasteiger partial charge on any atom is -0.321 e. The smallest absolute Gasteiger partial charge is 0.269 e. The fourth-order valence-corrected chi connectivity index (χ4v) is 5.48. The lowest BCUT2D eigenvalue weighted by Gasteiger charge is -2.13. The minimum absolute atomic E-state index is 0.112. The number of sulfonamides is 1. The van der Waals surface area contributed by atoms with E-state index in [9.17, 15) is 18.0 Å². The number of nitrogens with zero attached hydrogens (tertiary/aromatic N) is 4. The van der Waals surface area contributed by atoms with Crippen LogP contribution in [0.3, 0.4) is 0 Å². The summed E-state index contributed by atoms with van der Waals surface area (Å²) >= 11 is 0. The van der Waals surface area contributed by atoms with E-state index in [4.69, 9.17) is 0 Å². The van der Waals surface area contributed by atoms with Gasteiger partial charge < -0.3 is 5.32 Å². The molecule has 5 rings (SSSR count). The van der Waals surface area contributed by atoms with E-state index in [-0.39, 0.29) is 22.1 Å². The average Bonchev–Trinajstić information content (AvgIpc) is 3.43. The predicted octanol–water partition coefficient (Wildman–Crippen LogP) is 1.84. The van der Waals surface area contributed by atoms with Crippen LogP contribution in [-0.2, 0) is 17.1 Å². The van der Waals surface area contributed by atoms with Crippen LogP contribution in [0, 0.1) is 6.92 Å². The van der Waals surface area contributed by atoms with Crippen LogP contribution in [0.15, 0.2) is 35.4 Å². The summed E-state index contributed by atoms with van der Waals surface area (Å²) in [7, 11) is -2.12. The summed E-state index contributed by atoms with van der Waals surface area (Å²) in [5.41, 5.74) is 2.22. The number of pyridine rings is 1. The van der Waals surface area contributed by atoms with Crippen LogP contribution in [0.1, 0.15) is 39.3 Å². The molecular formula is C19H17N5O4S. The number of carbonyl (C=O) groups excluding carboxylic acids is 2. The number of benzene rings is 1. The van der Waals surface area contributed by atoms with Crippen molar-refractivity contribution in [3.63, 3.8) is 0 Å². The first-order valence-corrected chi connectivity index (χ1v) is 10.5. The molecule has 0 spiro atoms. The van der Waals surface area contributed by atoms with Gasteiger partial charge in [-0.05, 0) is 44.0 Å². The van der Waals surface area contributed by atoms with E-state index in [2.05, 4.69) is 15.4 Å². The van der Waals surface area contributed by atoms with Crippen molar-refractivity contribution >= 4 is 38.6 Å². The molecule has 0 unspecified atom stereocenters. The zero-order valence-corrected chi connectivity index (χ0v) is 16.5. The Morgan fingerprint density at radius 1 is 1.24 bits per heavy atom. The van der Waals surface area contributed by atoms with Gasteiger partial charge in [0.15, 0.2) is 5.65 Å². The number of hydrogen-bond donors (Lipinski definition) is 1. The largest absolute Gasteiger partial charge is 0.321 e. The maximum Gasteiger partial charge on any atom is 0.269 e. The molecule has 1 aliphatic heterocycles. The molecule has 0 atom stereocenters.